The SMILES string of the molecule is CCc1ccc(C(=O)Nc2cccc(N3C(=O)c4ccccc4C3=O)c2)cc1. The summed E-state index contributed by atoms with van der Waals surface area (Å²) in [7, 11) is 0. The summed E-state index contributed by atoms with van der Waals surface area (Å²) in [4.78, 5) is 38.9. The van der Waals surface area contributed by atoms with Gasteiger partial charge in [-0.3, -0.25) is 14.4 Å². The molecule has 0 radical (unpaired) electrons. The normalized spacial score (nSPS) is 12.8. The molecule has 3 aromatic carbocycles. The first kappa shape index (κ1) is 17.7. The Morgan fingerprint density at radius 2 is 1.50 bits per heavy atom. The van der Waals surface area contributed by atoms with E-state index in [1.807, 2.05) is 12.1 Å². The number of hydrogen-bond donors (Lipinski definition) is 1. The maximum Gasteiger partial charge on any atom is 0.266 e. The first-order chi connectivity index (χ1) is 13.6. The van der Waals surface area contributed by atoms with E-state index in [1.54, 1.807) is 60.7 Å². The van der Waals surface area contributed by atoms with Crippen molar-refractivity contribution in [1.29, 1.82) is 0 Å². The highest BCUT2D eigenvalue weighted by Crippen LogP contribution is 2.29. The predicted molar refractivity (Wildman–Crippen MR) is 108 cm³/mol. The standard InChI is InChI=1S/C23H18N2O3/c1-2-15-10-12-16(13-11-15)21(26)24-17-6-5-7-18(14-17)25-22(27)19-8-3-4-9-20(19)23(25)28/h3-14H,2H2,1H3,(H,24,26). The van der Waals surface area contributed by atoms with Crippen molar-refractivity contribution in [3.63, 3.8) is 0 Å². The number of fused-ring (bicyclic) bond motifs is 1. The lowest BCUT2D eigenvalue weighted by atomic mass is 10.1. The Morgan fingerprint density at radius 3 is 2.11 bits per heavy atom. The van der Waals surface area contributed by atoms with Gasteiger partial charge < -0.3 is 5.32 Å². The van der Waals surface area contributed by atoms with Crippen LogP contribution in [0.1, 0.15) is 43.6 Å². The molecule has 1 heterocycles. The van der Waals surface area contributed by atoms with Crippen LogP contribution in [0.3, 0.4) is 0 Å². The summed E-state index contributed by atoms with van der Waals surface area (Å²) < 4.78 is 0. The zero-order chi connectivity index (χ0) is 19.7. The van der Waals surface area contributed by atoms with Gasteiger partial charge in [0.05, 0.1) is 16.8 Å². The van der Waals surface area contributed by atoms with Gasteiger partial charge in [-0.25, -0.2) is 4.90 Å². The fourth-order valence-corrected chi connectivity index (χ4v) is 3.24. The highest BCUT2D eigenvalue weighted by Gasteiger charge is 2.36. The molecule has 0 spiro atoms. The number of aryl methyl sites for hydroxylation is 1. The third kappa shape index (κ3) is 3.07. The predicted octanol–water partition coefficient (Wildman–Crippen LogP) is 4.30. The van der Waals surface area contributed by atoms with Gasteiger partial charge in [0.15, 0.2) is 0 Å². The maximum atomic E-state index is 12.6. The Hall–Kier alpha value is -3.73. The van der Waals surface area contributed by atoms with E-state index >= 15 is 0 Å². The molecule has 138 valence electrons. The Kier molecular flexibility index (Phi) is 4.49. The molecule has 0 aliphatic carbocycles. The number of benzene rings is 3. The summed E-state index contributed by atoms with van der Waals surface area (Å²) in [6, 6.07) is 20.9. The van der Waals surface area contributed by atoms with Gasteiger partial charge >= 0.3 is 0 Å². The average molecular weight is 370 g/mol. The van der Waals surface area contributed by atoms with Gasteiger partial charge in [-0.1, -0.05) is 37.3 Å². The first-order valence-corrected chi connectivity index (χ1v) is 9.06. The molecule has 3 amide bonds. The molecule has 0 atom stereocenters. The molecule has 0 saturated carbocycles. The Bertz CT molecular complexity index is 1050. The summed E-state index contributed by atoms with van der Waals surface area (Å²) >= 11 is 0. The van der Waals surface area contributed by atoms with Gasteiger partial charge in [-0.05, 0) is 54.4 Å². The summed E-state index contributed by atoms with van der Waals surface area (Å²) in [6.07, 6.45) is 0.907. The van der Waals surface area contributed by atoms with Crippen molar-refractivity contribution in [3.05, 3.63) is 95.1 Å². The number of carbonyl (C=O) groups is 3. The molecule has 0 bridgehead atoms. The molecule has 0 saturated heterocycles. The van der Waals surface area contributed by atoms with Gasteiger partial charge in [-0.15, -0.1) is 0 Å². The van der Waals surface area contributed by atoms with E-state index in [4.69, 9.17) is 0 Å². The lowest BCUT2D eigenvalue weighted by molar-refractivity contribution is 0.0925. The van der Waals surface area contributed by atoms with Crippen LogP contribution in [0, 0.1) is 0 Å². The number of hydrogen-bond acceptors (Lipinski definition) is 3. The summed E-state index contributed by atoms with van der Waals surface area (Å²) in [5.41, 5.74) is 3.41. The lowest BCUT2D eigenvalue weighted by Crippen LogP contribution is -2.29. The second-order valence-electron chi connectivity index (χ2n) is 6.55. The van der Waals surface area contributed by atoms with Gasteiger partial charge in [0.2, 0.25) is 0 Å². The van der Waals surface area contributed by atoms with Crippen LogP contribution in [0.4, 0.5) is 11.4 Å². The number of amides is 3. The number of anilines is 2. The van der Waals surface area contributed by atoms with E-state index in [2.05, 4.69) is 12.2 Å². The van der Waals surface area contributed by atoms with Crippen molar-refractivity contribution in [2.24, 2.45) is 0 Å². The fourth-order valence-electron chi connectivity index (χ4n) is 3.24. The molecule has 1 aliphatic rings. The minimum absolute atomic E-state index is 0.248. The monoisotopic (exact) mass is 370 g/mol. The third-order valence-electron chi connectivity index (χ3n) is 4.78. The summed E-state index contributed by atoms with van der Waals surface area (Å²) in [6.45, 7) is 2.06. The number of nitrogens with zero attached hydrogens (tertiary/aromatic N) is 1. The second-order valence-corrected chi connectivity index (χ2v) is 6.55. The molecular weight excluding hydrogens is 352 g/mol. The minimum atomic E-state index is -0.362. The zero-order valence-electron chi connectivity index (χ0n) is 15.3. The van der Waals surface area contributed by atoms with Crippen LogP contribution in [0.5, 0.6) is 0 Å². The van der Waals surface area contributed by atoms with Crippen LogP contribution in [-0.2, 0) is 6.42 Å². The number of rotatable bonds is 4. The summed E-state index contributed by atoms with van der Waals surface area (Å²) in [5.74, 6) is -0.972. The number of carbonyl (C=O) groups excluding carboxylic acids is 3. The Morgan fingerprint density at radius 1 is 0.857 bits per heavy atom. The van der Waals surface area contributed by atoms with Crippen LogP contribution in [0.25, 0.3) is 0 Å². The molecule has 1 aliphatic heterocycles. The van der Waals surface area contributed by atoms with Crippen LogP contribution >= 0.6 is 0 Å². The molecule has 5 heteroatoms. The molecular formula is C23H18N2O3. The highest BCUT2D eigenvalue weighted by atomic mass is 16.2. The van der Waals surface area contributed by atoms with E-state index in [0.29, 0.717) is 28.1 Å². The highest BCUT2D eigenvalue weighted by molar-refractivity contribution is 6.34. The van der Waals surface area contributed by atoms with E-state index in [-0.39, 0.29) is 17.7 Å². The van der Waals surface area contributed by atoms with Gasteiger partial charge in [-0.2, -0.15) is 0 Å². The quantitative estimate of drug-likeness (QED) is 0.696. The van der Waals surface area contributed by atoms with Crippen LogP contribution in [0.2, 0.25) is 0 Å². The van der Waals surface area contributed by atoms with Crippen LogP contribution in [-0.4, -0.2) is 17.7 Å². The summed E-state index contributed by atoms with van der Waals surface area (Å²) in [5, 5.41) is 2.82. The average Bonchev–Trinajstić information content (AvgIpc) is 2.99. The lowest BCUT2D eigenvalue weighted by Gasteiger charge is -2.15. The third-order valence-corrected chi connectivity index (χ3v) is 4.78. The van der Waals surface area contributed by atoms with E-state index in [1.165, 1.54) is 0 Å². The van der Waals surface area contributed by atoms with Gasteiger partial charge in [0, 0.05) is 11.3 Å². The van der Waals surface area contributed by atoms with Crippen molar-refractivity contribution in [2.45, 2.75) is 13.3 Å². The van der Waals surface area contributed by atoms with E-state index in [9.17, 15) is 14.4 Å². The van der Waals surface area contributed by atoms with E-state index in [0.717, 1.165) is 16.9 Å². The van der Waals surface area contributed by atoms with Crippen LogP contribution < -0.4 is 10.2 Å². The maximum absolute atomic E-state index is 12.6. The first-order valence-electron chi connectivity index (χ1n) is 9.06. The minimum Gasteiger partial charge on any atom is -0.322 e. The van der Waals surface area contributed by atoms with Crippen molar-refractivity contribution < 1.29 is 14.4 Å². The Labute approximate surface area is 162 Å². The molecule has 0 unspecified atom stereocenters. The number of nitrogens with one attached hydrogen (secondary N) is 1. The van der Waals surface area contributed by atoms with Crippen molar-refractivity contribution in [1.82, 2.24) is 0 Å². The largest absolute Gasteiger partial charge is 0.322 e. The number of imide groups is 1. The van der Waals surface area contributed by atoms with E-state index < -0.39 is 0 Å². The van der Waals surface area contributed by atoms with Crippen LogP contribution in [0.15, 0.2) is 72.8 Å². The molecule has 5 nitrogen and oxygen atoms in total. The zero-order valence-corrected chi connectivity index (χ0v) is 15.3. The Balaban J connectivity index is 1.58. The molecule has 0 aromatic heterocycles. The van der Waals surface area contributed by atoms with Gasteiger partial charge in [0.1, 0.15) is 0 Å². The second kappa shape index (κ2) is 7.12. The smallest absolute Gasteiger partial charge is 0.266 e. The van der Waals surface area contributed by atoms with Crippen molar-refractivity contribution in [2.75, 3.05) is 10.2 Å². The molecule has 0 fully saturated rings. The van der Waals surface area contributed by atoms with Crippen molar-refractivity contribution in [3.8, 4) is 0 Å². The fraction of sp³-hybridized carbons (Fsp3) is 0.0870. The molecule has 4 rings (SSSR count). The molecule has 1 N–H and O–H groups in total. The molecule has 3 aromatic rings. The van der Waals surface area contributed by atoms with Crippen molar-refractivity contribution >= 4 is 29.1 Å². The molecule has 28 heavy (non-hydrogen) atoms. The topological polar surface area (TPSA) is 66.5 Å². The van der Waals surface area contributed by atoms with Gasteiger partial charge in [0.25, 0.3) is 17.7 Å².